The Morgan fingerprint density at radius 1 is 1.08 bits per heavy atom. The van der Waals surface area contributed by atoms with Gasteiger partial charge in [-0.15, -0.1) is 11.8 Å². The fourth-order valence-electron chi connectivity index (χ4n) is 2.37. The second kappa shape index (κ2) is 7.70. The molecule has 2 aromatic carbocycles. The van der Waals surface area contributed by atoms with Gasteiger partial charge in [0.25, 0.3) is 0 Å². The van der Waals surface area contributed by atoms with Crippen LogP contribution in [0.3, 0.4) is 0 Å². The molecule has 0 aliphatic heterocycles. The summed E-state index contributed by atoms with van der Waals surface area (Å²) in [5, 5.41) is 5.27. The van der Waals surface area contributed by atoms with Crippen LogP contribution < -0.4 is 10.6 Å². The van der Waals surface area contributed by atoms with Crippen LogP contribution in [0.5, 0.6) is 0 Å². The quantitative estimate of drug-likeness (QED) is 0.770. The molecule has 25 heavy (non-hydrogen) atoms. The lowest BCUT2D eigenvalue weighted by Gasteiger charge is -2.17. The molecule has 130 valence electrons. The van der Waals surface area contributed by atoms with Crippen molar-refractivity contribution < 1.29 is 14.0 Å². The van der Waals surface area contributed by atoms with Crippen LogP contribution in [0.2, 0.25) is 0 Å². The van der Waals surface area contributed by atoms with E-state index in [0.717, 1.165) is 23.3 Å². The van der Waals surface area contributed by atoms with Crippen molar-refractivity contribution in [2.24, 2.45) is 0 Å². The lowest BCUT2D eigenvalue weighted by Crippen LogP contribution is -2.29. The second-order valence-corrected chi connectivity index (χ2v) is 7.22. The summed E-state index contributed by atoms with van der Waals surface area (Å²) >= 11 is 1.41. The third-order valence-electron chi connectivity index (χ3n) is 3.76. The Morgan fingerprint density at radius 2 is 1.72 bits per heavy atom. The zero-order valence-corrected chi connectivity index (χ0v) is 14.6. The number of hydrogen-bond donors (Lipinski definition) is 2. The number of rotatable bonds is 6. The average Bonchev–Trinajstić information content (AvgIpc) is 3.38. The van der Waals surface area contributed by atoms with E-state index < -0.39 is 5.25 Å². The first-order chi connectivity index (χ1) is 12.0. The van der Waals surface area contributed by atoms with Crippen LogP contribution in [-0.4, -0.2) is 17.9 Å². The molecule has 1 unspecified atom stereocenters. The van der Waals surface area contributed by atoms with Crippen molar-refractivity contribution in [3.05, 3.63) is 59.9 Å². The van der Waals surface area contributed by atoms with Gasteiger partial charge in [0.15, 0.2) is 0 Å². The number of halogens is 1. The minimum atomic E-state index is -0.451. The molecule has 2 aromatic rings. The summed E-state index contributed by atoms with van der Waals surface area (Å²) < 4.78 is 13.2. The Hall–Kier alpha value is -2.34. The van der Waals surface area contributed by atoms with Gasteiger partial charge >= 0.3 is 0 Å². The summed E-state index contributed by atoms with van der Waals surface area (Å²) in [5.41, 5.74) is 1.47. The molecule has 1 atom stereocenters. The molecule has 0 bridgehead atoms. The predicted octanol–water partition coefficient (Wildman–Crippen LogP) is 3.90. The zero-order chi connectivity index (χ0) is 17.8. The first-order valence-corrected chi connectivity index (χ1v) is 8.99. The highest BCUT2D eigenvalue weighted by atomic mass is 32.2. The molecule has 1 aliphatic carbocycles. The summed E-state index contributed by atoms with van der Waals surface area (Å²) in [5.74, 6) is -0.520. The number of carbonyl (C=O) groups excluding carboxylic acids is 2. The van der Waals surface area contributed by atoms with Gasteiger partial charge in [-0.1, -0.05) is 12.1 Å². The van der Waals surface area contributed by atoms with Gasteiger partial charge in [0.1, 0.15) is 11.1 Å². The highest BCUT2D eigenvalue weighted by Crippen LogP contribution is 2.37. The van der Waals surface area contributed by atoms with E-state index in [2.05, 4.69) is 10.6 Å². The average molecular weight is 358 g/mol. The van der Waals surface area contributed by atoms with E-state index in [9.17, 15) is 14.0 Å². The van der Waals surface area contributed by atoms with Crippen LogP contribution in [0.1, 0.15) is 30.6 Å². The highest BCUT2D eigenvalue weighted by molar-refractivity contribution is 8.00. The molecule has 0 radical (unpaired) electrons. The van der Waals surface area contributed by atoms with E-state index in [1.54, 1.807) is 24.3 Å². The fraction of sp³-hybridized carbons (Fsp3) is 0.263. The second-order valence-electron chi connectivity index (χ2n) is 6.04. The maximum atomic E-state index is 13.2. The Bertz CT molecular complexity index is 758. The molecule has 2 N–H and O–H groups in total. The number of carbonyl (C=O) groups is 2. The lowest BCUT2D eigenvalue weighted by atomic mass is 10.1. The largest absolute Gasteiger partial charge is 0.352 e. The van der Waals surface area contributed by atoms with Crippen LogP contribution in [0.25, 0.3) is 0 Å². The standard InChI is InChI=1S/C19H19FN2O2S/c1-12(23)21-15-8-10-17(11-9-15)25-18(19(24)22-16-6-7-16)13-2-4-14(20)5-3-13/h2-5,8-11,16,18H,6-7H2,1H3,(H,21,23)(H,22,24). The van der Waals surface area contributed by atoms with Gasteiger partial charge in [0, 0.05) is 23.5 Å². The number of amides is 2. The van der Waals surface area contributed by atoms with Gasteiger partial charge in [-0.25, -0.2) is 4.39 Å². The molecular formula is C19H19FN2O2S. The van der Waals surface area contributed by atoms with Gasteiger partial charge in [-0.05, 0) is 54.8 Å². The van der Waals surface area contributed by atoms with Crippen molar-refractivity contribution in [2.75, 3.05) is 5.32 Å². The van der Waals surface area contributed by atoms with Gasteiger partial charge in [0.05, 0.1) is 0 Å². The molecule has 1 fully saturated rings. The Labute approximate surface area is 150 Å². The van der Waals surface area contributed by atoms with Gasteiger partial charge < -0.3 is 10.6 Å². The minimum Gasteiger partial charge on any atom is -0.352 e. The van der Waals surface area contributed by atoms with Crippen LogP contribution in [0.4, 0.5) is 10.1 Å². The molecule has 2 amide bonds. The van der Waals surface area contributed by atoms with Crippen molar-refractivity contribution in [1.29, 1.82) is 0 Å². The van der Waals surface area contributed by atoms with Crippen molar-refractivity contribution in [3.63, 3.8) is 0 Å². The van der Waals surface area contributed by atoms with Crippen molar-refractivity contribution >= 4 is 29.3 Å². The Kier molecular flexibility index (Phi) is 5.38. The summed E-state index contributed by atoms with van der Waals surface area (Å²) in [4.78, 5) is 24.6. The molecule has 6 heteroatoms. The minimum absolute atomic E-state index is 0.0648. The first-order valence-electron chi connectivity index (χ1n) is 8.11. The van der Waals surface area contributed by atoms with E-state index in [4.69, 9.17) is 0 Å². The smallest absolute Gasteiger partial charge is 0.238 e. The van der Waals surface area contributed by atoms with E-state index >= 15 is 0 Å². The van der Waals surface area contributed by atoms with Gasteiger partial charge in [-0.2, -0.15) is 0 Å². The number of hydrogen-bond acceptors (Lipinski definition) is 3. The summed E-state index contributed by atoms with van der Waals surface area (Å²) in [6.45, 7) is 1.45. The molecule has 4 nitrogen and oxygen atoms in total. The third kappa shape index (κ3) is 5.06. The van der Waals surface area contributed by atoms with Crippen LogP contribution in [0.15, 0.2) is 53.4 Å². The van der Waals surface area contributed by atoms with E-state index in [1.165, 1.54) is 30.8 Å². The number of benzene rings is 2. The van der Waals surface area contributed by atoms with E-state index in [-0.39, 0.29) is 23.7 Å². The number of thioether (sulfide) groups is 1. The topological polar surface area (TPSA) is 58.2 Å². The van der Waals surface area contributed by atoms with Crippen LogP contribution in [-0.2, 0) is 9.59 Å². The molecule has 0 saturated heterocycles. The normalized spacial score (nSPS) is 14.6. The SMILES string of the molecule is CC(=O)Nc1ccc(SC(C(=O)NC2CC2)c2ccc(F)cc2)cc1. The molecule has 3 rings (SSSR count). The molecular weight excluding hydrogens is 339 g/mol. The third-order valence-corrected chi connectivity index (χ3v) is 5.03. The van der Waals surface area contributed by atoms with Gasteiger partial charge in [0.2, 0.25) is 11.8 Å². The molecule has 0 heterocycles. The van der Waals surface area contributed by atoms with E-state index in [1.807, 2.05) is 12.1 Å². The Balaban J connectivity index is 1.77. The predicted molar refractivity (Wildman–Crippen MR) is 96.9 cm³/mol. The molecule has 1 saturated carbocycles. The maximum absolute atomic E-state index is 13.2. The summed E-state index contributed by atoms with van der Waals surface area (Å²) in [7, 11) is 0. The van der Waals surface area contributed by atoms with E-state index in [0.29, 0.717) is 5.69 Å². The number of nitrogens with one attached hydrogen (secondary N) is 2. The monoisotopic (exact) mass is 358 g/mol. The molecule has 1 aliphatic rings. The number of anilines is 1. The molecule has 0 spiro atoms. The van der Waals surface area contributed by atoms with Crippen LogP contribution >= 0.6 is 11.8 Å². The first kappa shape index (κ1) is 17.5. The molecule has 0 aromatic heterocycles. The van der Waals surface area contributed by atoms with Crippen molar-refractivity contribution in [2.45, 2.75) is 36.0 Å². The van der Waals surface area contributed by atoms with Crippen LogP contribution in [0, 0.1) is 5.82 Å². The van der Waals surface area contributed by atoms with Gasteiger partial charge in [-0.3, -0.25) is 9.59 Å². The fourth-order valence-corrected chi connectivity index (χ4v) is 3.40. The van der Waals surface area contributed by atoms with Crippen molar-refractivity contribution in [3.8, 4) is 0 Å². The highest BCUT2D eigenvalue weighted by Gasteiger charge is 2.29. The van der Waals surface area contributed by atoms with Crippen molar-refractivity contribution in [1.82, 2.24) is 5.32 Å². The maximum Gasteiger partial charge on any atom is 0.238 e. The summed E-state index contributed by atoms with van der Waals surface area (Å²) in [6.07, 6.45) is 2.02. The lowest BCUT2D eigenvalue weighted by molar-refractivity contribution is -0.120. The summed E-state index contributed by atoms with van der Waals surface area (Å²) in [6, 6.07) is 13.6. The Morgan fingerprint density at radius 3 is 2.28 bits per heavy atom. The zero-order valence-electron chi connectivity index (χ0n) is 13.8.